The highest BCUT2D eigenvalue weighted by atomic mass is 32.1. The van der Waals surface area contributed by atoms with Crippen LogP contribution in [0.3, 0.4) is 0 Å². The zero-order valence-electron chi connectivity index (χ0n) is 8.13. The molecule has 0 aliphatic heterocycles. The second-order valence-electron chi connectivity index (χ2n) is 2.96. The molecule has 2 rings (SSSR count). The van der Waals surface area contributed by atoms with E-state index in [1.54, 1.807) is 7.05 Å². The van der Waals surface area contributed by atoms with Gasteiger partial charge in [-0.05, 0) is 6.92 Å². The van der Waals surface area contributed by atoms with E-state index in [9.17, 15) is 4.79 Å². The van der Waals surface area contributed by atoms with Crippen LogP contribution in [0.4, 0.5) is 0 Å². The molecule has 2 aromatic heterocycles. The van der Waals surface area contributed by atoms with Gasteiger partial charge < -0.3 is 5.11 Å². The molecular formula is C8H8N4O2S. The minimum absolute atomic E-state index is 0.131. The van der Waals surface area contributed by atoms with Crippen LogP contribution in [-0.4, -0.2) is 31.1 Å². The first-order chi connectivity index (χ1) is 7.09. The maximum atomic E-state index is 11.0. The molecule has 6 nitrogen and oxygen atoms in total. The largest absolute Gasteiger partial charge is 0.477 e. The van der Waals surface area contributed by atoms with E-state index in [2.05, 4.69) is 15.3 Å². The Bertz CT molecular complexity index is 516. The summed E-state index contributed by atoms with van der Waals surface area (Å²) in [6.07, 6.45) is 1.49. The van der Waals surface area contributed by atoms with E-state index in [-0.39, 0.29) is 5.69 Å². The number of carbonyl (C=O) groups is 1. The third-order valence-electron chi connectivity index (χ3n) is 1.90. The summed E-state index contributed by atoms with van der Waals surface area (Å²) in [5.74, 6) is -1.02. The fourth-order valence-electron chi connectivity index (χ4n) is 1.25. The number of aromatic carboxylic acids is 1. The first-order valence-electron chi connectivity index (χ1n) is 4.15. The number of rotatable bonds is 2. The average molecular weight is 224 g/mol. The quantitative estimate of drug-likeness (QED) is 0.821. The van der Waals surface area contributed by atoms with Crippen molar-refractivity contribution in [2.24, 2.45) is 7.05 Å². The van der Waals surface area contributed by atoms with E-state index in [1.165, 1.54) is 22.2 Å². The van der Waals surface area contributed by atoms with Crippen molar-refractivity contribution in [1.29, 1.82) is 0 Å². The zero-order valence-corrected chi connectivity index (χ0v) is 8.95. The lowest BCUT2D eigenvalue weighted by molar-refractivity contribution is 0.0686. The fraction of sp³-hybridized carbons (Fsp3) is 0.250. The number of hydrogen-bond donors (Lipinski definition) is 1. The van der Waals surface area contributed by atoms with Crippen LogP contribution in [0.2, 0.25) is 0 Å². The Balaban J connectivity index is 2.58. The van der Waals surface area contributed by atoms with E-state index >= 15 is 0 Å². The lowest BCUT2D eigenvalue weighted by Crippen LogP contribution is -2.06. The van der Waals surface area contributed by atoms with Crippen LogP contribution in [-0.2, 0) is 7.05 Å². The molecule has 0 atom stereocenters. The molecule has 2 aromatic rings. The molecule has 1 N–H and O–H groups in total. The lowest BCUT2D eigenvalue weighted by atomic mass is 10.2. The van der Waals surface area contributed by atoms with Crippen molar-refractivity contribution in [3.05, 3.63) is 16.9 Å². The van der Waals surface area contributed by atoms with Gasteiger partial charge in [-0.15, -0.1) is 10.2 Å². The first-order valence-corrected chi connectivity index (χ1v) is 4.97. The molecule has 0 saturated carbocycles. The monoisotopic (exact) mass is 224 g/mol. The molecule has 0 bridgehead atoms. The Labute approximate surface area is 89.2 Å². The molecule has 2 heterocycles. The Morgan fingerprint density at radius 3 is 2.80 bits per heavy atom. The van der Waals surface area contributed by atoms with Crippen molar-refractivity contribution in [1.82, 2.24) is 20.0 Å². The van der Waals surface area contributed by atoms with Crippen LogP contribution < -0.4 is 0 Å². The maximum absolute atomic E-state index is 11.0. The van der Waals surface area contributed by atoms with Gasteiger partial charge in [0.2, 0.25) is 0 Å². The Morgan fingerprint density at radius 2 is 2.27 bits per heavy atom. The van der Waals surface area contributed by atoms with Crippen LogP contribution in [0.25, 0.3) is 10.6 Å². The van der Waals surface area contributed by atoms with E-state index in [4.69, 9.17) is 5.11 Å². The van der Waals surface area contributed by atoms with Crippen molar-refractivity contribution in [2.75, 3.05) is 0 Å². The summed E-state index contributed by atoms with van der Waals surface area (Å²) in [6, 6.07) is 0. The maximum Gasteiger partial charge on any atom is 0.354 e. The summed E-state index contributed by atoms with van der Waals surface area (Å²) >= 11 is 1.35. The third kappa shape index (κ3) is 1.61. The first kappa shape index (κ1) is 9.78. The van der Waals surface area contributed by atoms with Crippen LogP contribution in [0.5, 0.6) is 0 Å². The van der Waals surface area contributed by atoms with E-state index in [0.717, 1.165) is 5.01 Å². The lowest BCUT2D eigenvalue weighted by Gasteiger charge is -1.96. The van der Waals surface area contributed by atoms with Gasteiger partial charge in [0, 0.05) is 7.05 Å². The van der Waals surface area contributed by atoms with Gasteiger partial charge >= 0.3 is 5.97 Å². The molecular weight excluding hydrogens is 216 g/mol. The molecule has 0 fully saturated rings. The van der Waals surface area contributed by atoms with Crippen molar-refractivity contribution in [3.63, 3.8) is 0 Å². The van der Waals surface area contributed by atoms with Crippen LogP contribution >= 0.6 is 11.3 Å². The van der Waals surface area contributed by atoms with Crippen LogP contribution in [0, 0.1) is 6.92 Å². The number of nitrogens with zero attached hydrogens (tertiary/aromatic N) is 4. The molecule has 0 radical (unpaired) electrons. The fourth-order valence-corrected chi connectivity index (χ4v) is 1.96. The summed E-state index contributed by atoms with van der Waals surface area (Å²) in [7, 11) is 1.58. The molecule has 78 valence electrons. The van der Waals surface area contributed by atoms with E-state index < -0.39 is 5.97 Å². The number of carboxylic acid groups (broad SMARTS) is 1. The van der Waals surface area contributed by atoms with Crippen molar-refractivity contribution in [3.8, 4) is 10.6 Å². The van der Waals surface area contributed by atoms with Gasteiger partial charge in [-0.3, -0.25) is 4.68 Å². The number of hydrogen-bond acceptors (Lipinski definition) is 5. The standard InChI is InChI=1S/C8H8N4O2S/c1-4-10-11-7(15-4)5-3-9-12(2)6(5)8(13)14/h3H,1-2H3,(H,13,14). The molecule has 0 amide bonds. The molecule has 0 spiro atoms. The molecule has 15 heavy (non-hydrogen) atoms. The van der Waals surface area contributed by atoms with Gasteiger partial charge in [-0.25, -0.2) is 4.79 Å². The summed E-state index contributed by atoms with van der Waals surface area (Å²) < 4.78 is 1.31. The highest BCUT2D eigenvalue weighted by molar-refractivity contribution is 7.14. The van der Waals surface area contributed by atoms with E-state index in [1.807, 2.05) is 6.92 Å². The van der Waals surface area contributed by atoms with Gasteiger partial charge in [0.15, 0.2) is 10.7 Å². The summed E-state index contributed by atoms with van der Waals surface area (Å²) in [5, 5.41) is 22.0. The summed E-state index contributed by atoms with van der Waals surface area (Å²) in [4.78, 5) is 11.0. The van der Waals surface area contributed by atoms with Crippen molar-refractivity contribution in [2.45, 2.75) is 6.92 Å². The number of aryl methyl sites for hydroxylation is 2. The minimum Gasteiger partial charge on any atom is -0.477 e. The normalized spacial score (nSPS) is 10.5. The molecule has 0 aromatic carbocycles. The molecule has 0 saturated heterocycles. The highest BCUT2D eigenvalue weighted by Crippen LogP contribution is 2.25. The van der Waals surface area contributed by atoms with Gasteiger partial charge in [0.25, 0.3) is 0 Å². The molecule has 7 heteroatoms. The SMILES string of the molecule is Cc1nnc(-c2cnn(C)c2C(=O)O)s1. The second-order valence-corrected chi connectivity index (χ2v) is 4.14. The Hall–Kier alpha value is -1.76. The van der Waals surface area contributed by atoms with Crippen molar-refractivity contribution < 1.29 is 9.90 Å². The average Bonchev–Trinajstić information content (AvgIpc) is 2.71. The van der Waals surface area contributed by atoms with E-state index in [0.29, 0.717) is 10.6 Å². The predicted molar refractivity (Wildman–Crippen MR) is 53.8 cm³/mol. The Morgan fingerprint density at radius 1 is 1.53 bits per heavy atom. The van der Waals surface area contributed by atoms with Gasteiger partial charge in [0.1, 0.15) is 5.01 Å². The summed E-state index contributed by atoms with van der Waals surface area (Å²) in [5.41, 5.74) is 0.641. The minimum atomic E-state index is -1.02. The van der Waals surface area contributed by atoms with Crippen LogP contribution in [0.15, 0.2) is 6.20 Å². The van der Waals surface area contributed by atoms with Crippen LogP contribution in [0.1, 0.15) is 15.5 Å². The molecule has 0 aliphatic rings. The molecule has 0 aliphatic carbocycles. The highest BCUT2D eigenvalue weighted by Gasteiger charge is 2.19. The zero-order chi connectivity index (χ0) is 11.0. The third-order valence-corrected chi connectivity index (χ3v) is 2.77. The van der Waals surface area contributed by atoms with Gasteiger partial charge in [-0.1, -0.05) is 11.3 Å². The molecule has 0 unspecified atom stereocenters. The summed E-state index contributed by atoms with van der Waals surface area (Å²) in [6.45, 7) is 1.82. The van der Waals surface area contributed by atoms with Crippen molar-refractivity contribution >= 4 is 17.3 Å². The van der Waals surface area contributed by atoms with Gasteiger partial charge in [0.05, 0.1) is 11.8 Å². The topological polar surface area (TPSA) is 80.9 Å². The predicted octanol–water partition coefficient (Wildman–Crippen LogP) is 0.945. The Kier molecular flexibility index (Phi) is 2.24. The number of aromatic nitrogens is 4. The smallest absolute Gasteiger partial charge is 0.354 e. The second kappa shape index (κ2) is 3.43. The number of carboxylic acids is 1. The van der Waals surface area contributed by atoms with Gasteiger partial charge in [-0.2, -0.15) is 5.10 Å².